The van der Waals surface area contributed by atoms with E-state index in [0.29, 0.717) is 42.9 Å². The van der Waals surface area contributed by atoms with Crippen molar-refractivity contribution in [2.24, 2.45) is 23.5 Å². The van der Waals surface area contributed by atoms with Crippen molar-refractivity contribution in [1.82, 2.24) is 9.21 Å². The van der Waals surface area contributed by atoms with Crippen LogP contribution < -0.4 is 5.73 Å². The van der Waals surface area contributed by atoms with E-state index in [2.05, 4.69) is 0 Å². The molecule has 2 saturated carbocycles. The maximum Gasteiger partial charge on any atom is 0.243 e. The van der Waals surface area contributed by atoms with Gasteiger partial charge in [-0.05, 0) is 49.7 Å². The monoisotopic (exact) mass is 427 g/mol. The van der Waals surface area contributed by atoms with Gasteiger partial charge in [-0.1, -0.05) is 24.6 Å². The SMILES string of the molecule is Cl.NC1C2CCCC1CC(C(=O)N1CCN(S(=O)(=O)c3ccccc3)CC1)C2. The Hall–Kier alpha value is -1.15. The van der Waals surface area contributed by atoms with Crippen LogP contribution in [0, 0.1) is 17.8 Å². The van der Waals surface area contributed by atoms with Crippen LogP contribution in [0.2, 0.25) is 0 Å². The average Bonchev–Trinajstić information content (AvgIpc) is 2.68. The molecule has 3 fully saturated rings. The number of nitrogens with two attached hydrogens (primary N) is 1. The number of rotatable bonds is 3. The van der Waals surface area contributed by atoms with Gasteiger partial charge in [0.05, 0.1) is 4.90 Å². The highest BCUT2D eigenvalue weighted by Gasteiger charge is 2.42. The van der Waals surface area contributed by atoms with Crippen LogP contribution in [-0.4, -0.2) is 55.8 Å². The minimum Gasteiger partial charge on any atom is -0.340 e. The normalized spacial score (nSPS) is 31.1. The van der Waals surface area contributed by atoms with Gasteiger partial charge in [-0.15, -0.1) is 12.4 Å². The summed E-state index contributed by atoms with van der Waals surface area (Å²) in [5.41, 5.74) is 6.35. The first kappa shape index (κ1) is 21.6. The molecule has 2 N–H and O–H groups in total. The van der Waals surface area contributed by atoms with E-state index in [1.807, 2.05) is 4.90 Å². The van der Waals surface area contributed by atoms with Crippen molar-refractivity contribution in [2.75, 3.05) is 26.2 Å². The molecular formula is C20H30ClN3O3S. The predicted octanol–water partition coefficient (Wildman–Crippen LogP) is 2.09. The lowest BCUT2D eigenvalue weighted by Crippen LogP contribution is -2.54. The van der Waals surface area contributed by atoms with E-state index in [4.69, 9.17) is 5.73 Å². The molecule has 4 rings (SSSR count). The number of halogens is 1. The number of carbonyl (C=O) groups excluding carboxylic acids is 1. The van der Waals surface area contributed by atoms with E-state index in [1.165, 1.54) is 10.7 Å². The summed E-state index contributed by atoms with van der Waals surface area (Å²) in [6.45, 7) is 1.68. The molecule has 1 aromatic carbocycles. The molecule has 1 heterocycles. The lowest BCUT2D eigenvalue weighted by Gasteiger charge is -2.45. The highest BCUT2D eigenvalue weighted by atomic mass is 35.5. The van der Waals surface area contributed by atoms with Crippen LogP contribution in [0.15, 0.2) is 35.2 Å². The van der Waals surface area contributed by atoms with Crippen molar-refractivity contribution in [2.45, 2.75) is 43.0 Å². The molecule has 1 aliphatic heterocycles. The minimum absolute atomic E-state index is 0. The van der Waals surface area contributed by atoms with Crippen molar-refractivity contribution in [3.63, 3.8) is 0 Å². The minimum atomic E-state index is -3.48. The van der Waals surface area contributed by atoms with Crippen molar-refractivity contribution < 1.29 is 13.2 Å². The van der Waals surface area contributed by atoms with Gasteiger partial charge < -0.3 is 10.6 Å². The van der Waals surface area contributed by atoms with Gasteiger partial charge in [0.2, 0.25) is 15.9 Å². The van der Waals surface area contributed by atoms with Gasteiger partial charge >= 0.3 is 0 Å². The predicted molar refractivity (Wildman–Crippen MR) is 111 cm³/mol. The zero-order valence-corrected chi connectivity index (χ0v) is 17.7. The van der Waals surface area contributed by atoms with E-state index in [9.17, 15) is 13.2 Å². The van der Waals surface area contributed by atoms with Crippen LogP contribution >= 0.6 is 12.4 Å². The van der Waals surface area contributed by atoms with Crippen LogP contribution in [-0.2, 0) is 14.8 Å². The summed E-state index contributed by atoms with van der Waals surface area (Å²) in [4.78, 5) is 15.2. The molecule has 1 amide bonds. The number of piperazine rings is 1. The molecule has 1 aromatic rings. The van der Waals surface area contributed by atoms with Gasteiger partial charge in [0.25, 0.3) is 0 Å². The molecule has 2 unspecified atom stereocenters. The number of hydrogen-bond donors (Lipinski definition) is 1. The number of sulfonamides is 1. The fourth-order valence-corrected chi connectivity index (χ4v) is 6.58. The molecule has 0 spiro atoms. The van der Waals surface area contributed by atoms with E-state index >= 15 is 0 Å². The largest absolute Gasteiger partial charge is 0.340 e. The van der Waals surface area contributed by atoms with Crippen LogP contribution in [0.1, 0.15) is 32.1 Å². The molecule has 28 heavy (non-hydrogen) atoms. The Bertz CT molecular complexity index is 767. The molecule has 3 aliphatic rings. The Balaban J connectivity index is 0.00000225. The lowest BCUT2D eigenvalue weighted by atomic mass is 9.65. The van der Waals surface area contributed by atoms with Crippen LogP contribution in [0.25, 0.3) is 0 Å². The number of carbonyl (C=O) groups is 1. The highest BCUT2D eigenvalue weighted by molar-refractivity contribution is 7.89. The number of fused-ring (bicyclic) bond motifs is 2. The zero-order chi connectivity index (χ0) is 19.0. The zero-order valence-electron chi connectivity index (χ0n) is 16.1. The van der Waals surface area contributed by atoms with E-state index in [1.54, 1.807) is 30.3 Å². The maximum absolute atomic E-state index is 13.0. The summed E-state index contributed by atoms with van der Waals surface area (Å²) in [5, 5.41) is 0. The van der Waals surface area contributed by atoms with Gasteiger partial charge in [0.15, 0.2) is 0 Å². The van der Waals surface area contributed by atoms with E-state index < -0.39 is 10.0 Å². The van der Waals surface area contributed by atoms with Gasteiger partial charge in [0, 0.05) is 38.1 Å². The maximum atomic E-state index is 13.0. The smallest absolute Gasteiger partial charge is 0.243 e. The molecule has 2 atom stereocenters. The van der Waals surface area contributed by atoms with Gasteiger partial charge in [0.1, 0.15) is 0 Å². The molecule has 6 nitrogen and oxygen atoms in total. The molecule has 0 aromatic heterocycles. The third-order valence-corrected chi connectivity index (χ3v) is 8.61. The molecule has 1 saturated heterocycles. The second-order valence-electron chi connectivity index (χ2n) is 8.24. The lowest BCUT2D eigenvalue weighted by molar-refractivity contribution is -0.139. The highest BCUT2D eigenvalue weighted by Crippen LogP contribution is 2.42. The summed E-state index contributed by atoms with van der Waals surface area (Å²) in [6.07, 6.45) is 5.33. The first-order valence-corrected chi connectivity index (χ1v) is 11.5. The number of nitrogens with zero attached hydrogens (tertiary/aromatic N) is 2. The van der Waals surface area contributed by atoms with Crippen LogP contribution in [0.4, 0.5) is 0 Å². The van der Waals surface area contributed by atoms with E-state index in [0.717, 1.165) is 25.7 Å². The van der Waals surface area contributed by atoms with Gasteiger partial charge in [-0.3, -0.25) is 4.79 Å². The summed E-state index contributed by atoms with van der Waals surface area (Å²) in [7, 11) is -3.48. The topological polar surface area (TPSA) is 83.7 Å². The van der Waals surface area contributed by atoms with E-state index in [-0.39, 0.29) is 30.3 Å². The quantitative estimate of drug-likeness (QED) is 0.800. The Morgan fingerprint density at radius 3 is 2.11 bits per heavy atom. The third-order valence-electron chi connectivity index (χ3n) is 6.69. The van der Waals surface area contributed by atoms with Gasteiger partial charge in [-0.25, -0.2) is 8.42 Å². The van der Waals surface area contributed by atoms with Crippen LogP contribution in [0.3, 0.4) is 0 Å². The molecule has 2 aliphatic carbocycles. The summed E-state index contributed by atoms with van der Waals surface area (Å²) in [6, 6.07) is 8.78. The number of amides is 1. The average molecular weight is 428 g/mol. The Labute approximate surface area is 173 Å². The molecule has 156 valence electrons. The fraction of sp³-hybridized carbons (Fsp3) is 0.650. The molecule has 2 bridgehead atoms. The number of hydrogen-bond acceptors (Lipinski definition) is 4. The second-order valence-corrected chi connectivity index (χ2v) is 10.2. The van der Waals surface area contributed by atoms with Crippen molar-refractivity contribution in [3.05, 3.63) is 30.3 Å². The van der Waals surface area contributed by atoms with Crippen molar-refractivity contribution in [1.29, 1.82) is 0 Å². The fourth-order valence-electron chi connectivity index (χ4n) is 5.14. The van der Waals surface area contributed by atoms with Crippen molar-refractivity contribution in [3.8, 4) is 0 Å². The van der Waals surface area contributed by atoms with Gasteiger partial charge in [-0.2, -0.15) is 4.31 Å². The summed E-state index contributed by atoms with van der Waals surface area (Å²) < 4.78 is 27.0. The Kier molecular flexibility index (Phi) is 6.69. The number of benzene rings is 1. The Morgan fingerprint density at radius 1 is 0.964 bits per heavy atom. The summed E-state index contributed by atoms with van der Waals surface area (Å²) >= 11 is 0. The first-order chi connectivity index (χ1) is 13.0. The first-order valence-electron chi connectivity index (χ1n) is 10.1. The second kappa shape index (κ2) is 8.69. The Morgan fingerprint density at radius 2 is 1.54 bits per heavy atom. The summed E-state index contributed by atoms with van der Waals surface area (Å²) in [5.74, 6) is 1.23. The van der Waals surface area contributed by atoms with Crippen LogP contribution in [0.5, 0.6) is 0 Å². The van der Waals surface area contributed by atoms with Crippen molar-refractivity contribution >= 4 is 28.3 Å². The molecule has 0 radical (unpaired) electrons. The molecule has 8 heteroatoms. The molecular weight excluding hydrogens is 398 g/mol. The third kappa shape index (κ3) is 4.08. The standard InChI is InChI=1S/C20H29N3O3S.ClH/c21-19-15-5-4-6-16(19)14-17(13-15)20(24)22-9-11-23(12-10-22)27(25,26)18-7-2-1-3-8-18;/h1-3,7-8,15-17,19H,4-6,9-14,21H2;1H.